The van der Waals surface area contributed by atoms with E-state index in [1.165, 1.54) is 6.07 Å². The van der Waals surface area contributed by atoms with Crippen molar-refractivity contribution in [2.75, 3.05) is 13.7 Å². The predicted molar refractivity (Wildman–Crippen MR) is 76.0 cm³/mol. The topological polar surface area (TPSA) is 34.4 Å². The minimum atomic E-state index is -0.276. The number of rotatable bonds is 7. The molecule has 1 atom stereocenters. The largest absolute Gasteiger partial charge is 0.462 e. The monoisotopic (exact) mass is 277 g/mol. The van der Waals surface area contributed by atoms with Crippen molar-refractivity contribution in [1.82, 2.24) is 5.32 Å². The van der Waals surface area contributed by atoms with Crippen molar-refractivity contribution >= 4 is 0 Å². The number of hydrogen-bond acceptors (Lipinski definition) is 3. The minimum absolute atomic E-state index is 0.231. The van der Waals surface area contributed by atoms with Crippen molar-refractivity contribution in [3.8, 4) is 0 Å². The highest BCUT2D eigenvalue weighted by Crippen LogP contribution is 2.26. The van der Waals surface area contributed by atoms with Crippen LogP contribution in [-0.4, -0.2) is 13.7 Å². The van der Waals surface area contributed by atoms with E-state index in [-0.39, 0.29) is 11.9 Å². The first-order valence-corrected chi connectivity index (χ1v) is 6.81. The molecule has 4 heteroatoms. The van der Waals surface area contributed by atoms with Gasteiger partial charge in [0.25, 0.3) is 0 Å². The number of halogens is 1. The molecule has 2 aromatic rings. The summed E-state index contributed by atoms with van der Waals surface area (Å²) in [5.74, 6) is 1.21. The molecule has 0 radical (unpaired) electrons. The van der Waals surface area contributed by atoms with Crippen molar-refractivity contribution in [3.05, 3.63) is 59.3 Å². The average molecular weight is 277 g/mol. The number of nitrogens with one attached hydrogen (secondary N) is 1. The first-order valence-electron chi connectivity index (χ1n) is 6.81. The van der Waals surface area contributed by atoms with Gasteiger partial charge in [-0.3, -0.25) is 0 Å². The van der Waals surface area contributed by atoms with Crippen LogP contribution in [0.4, 0.5) is 4.39 Å². The van der Waals surface area contributed by atoms with E-state index in [0.29, 0.717) is 17.9 Å². The summed E-state index contributed by atoms with van der Waals surface area (Å²) < 4.78 is 24.8. The van der Waals surface area contributed by atoms with E-state index in [1.54, 1.807) is 19.2 Å². The molecule has 0 spiro atoms. The van der Waals surface area contributed by atoms with E-state index < -0.39 is 0 Å². The molecule has 0 aliphatic rings. The van der Waals surface area contributed by atoms with Crippen LogP contribution in [0, 0.1) is 5.82 Å². The minimum Gasteiger partial charge on any atom is -0.462 e. The molecule has 20 heavy (non-hydrogen) atoms. The molecule has 3 nitrogen and oxygen atoms in total. The maximum absolute atomic E-state index is 14.0. The van der Waals surface area contributed by atoms with Crippen LogP contribution in [0.25, 0.3) is 0 Å². The Bertz CT molecular complexity index is 539. The van der Waals surface area contributed by atoms with E-state index in [0.717, 1.165) is 18.7 Å². The van der Waals surface area contributed by atoms with E-state index in [9.17, 15) is 4.39 Å². The van der Waals surface area contributed by atoms with Crippen LogP contribution >= 0.6 is 0 Å². The third-order valence-corrected chi connectivity index (χ3v) is 3.07. The van der Waals surface area contributed by atoms with Crippen LogP contribution < -0.4 is 5.32 Å². The second-order valence-electron chi connectivity index (χ2n) is 4.65. The van der Waals surface area contributed by atoms with E-state index in [1.807, 2.05) is 18.2 Å². The zero-order valence-electron chi connectivity index (χ0n) is 11.9. The molecular weight excluding hydrogens is 257 g/mol. The van der Waals surface area contributed by atoms with Gasteiger partial charge in [0, 0.05) is 12.7 Å². The molecule has 1 heterocycles. The summed E-state index contributed by atoms with van der Waals surface area (Å²) in [7, 11) is 1.62. The fraction of sp³-hybridized carbons (Fsp3) is 0.375. The van der Waals surface area contributed by atoms with Gasteiger partial charge < -0.3 is 14.5 Å². The summed E-state index contributed by atoms with van der Waals surface area (Å²) in [4.78, 5) is 0. The van der Waals surface area contributed by atoms with Crippen LogP contribution in [-0.2, 0) is 11.3 Å². The van der Waals surface area contributed by atoms with Crippen molar-refractivity contribution in [3.63, 3.8) is 0 Å². The Kier molecular flexibility index (Phi) is 5.32. The Hall–Kier alpha value is -1.65. The van der Waals surface area contributed by atoms with Crippen LogP contribution in [0.5, 0.6) is 0 Å². The molecule has 0 fully saturated rings. The highest BCUT2D eigenvalue weighted by atomic mass is 19.1. The summed E-state index contributed by atoms with van der Waals surface area (Å²) >= 11 is 0. The van der Waals surface area contributed by atoms with E-state index in [2.05, 4.69) is 12.2 Å². The molecule has 0 aliphatic heterocycles. The molecule has 108 valence electrons. The maximum Gasteiger partial charge on any atom is 0.129 e. The smallest absolute Gasteiger partial charge is 0.129 e. The standard InChI is InChI=1S/C16H20FNO2/c1-3-10-18-16(13-6-4-5-7-14(13)17)15-9-8-12(20-15)11-19-2/h4-9,16,18H,3,10-11H2,1-2H3. The number of methoxy groups -OCH3 is 1. The van der Waals surface area contributed by atoms with Gasteiger partial charge in [0.1, 0.15) is 23.9 Å². The second-order valence-corrected chi connectivity index (χ2v) is 4.65. The lowest BCUT2D eigenvalue weighted by Gasteiger charge is -2.17. The molecule has 1 N–H and O–H groups in total. The summed E-state index contributed by atoms with van der Waals surface area (Å²) in [6.45, 7) is 3.28. The molecule has 1 aromatic heterocycles. The molecule has 1 unspecified atom stereocenters. The first kappa shape index (κ1) is 14.8. The fourth-order valence-electron chi connectivity index (χ4n) is 2.13. The quantitative estimate of drug-likeness (QED) is 0.838. The Morgan fingerprint density at radius 3 is 2.75 bits per heavy atom. The maximum atomic E-state index is 14.0. The van der Waals surface area contributed by atoms with Gasteiger partial charge >= 0.3 is 0 Å². The summed E-state index contributed by atoms with van der Waals surface area (Å²) in [6, 6.07) is 10.2. The van der Waals surface area contributed by atoms with Gasteiger partial charge in [-0.2, -0.15) is 0 Å². The lowest BCUT2D eigenvalue weighted by Crippen LogP contribution is -2.23. The highest BCUT2D eigenvalue weighted by Gasteiger charge is 2.20. The van der Waals surface area contributed by atoms with Crippen molar-refractivity contribution in [2.45, 2.75) is 26.0 Å². The molecule has 0 bridgehead atoms. The van der Waals surface area contributed by atoms with Crippen molar-refractivity contribution < 1.29 is 13.5 Å². The molecule has 0 saturated carbocycles. The van der Waals surface area contributed by atoms with Gasteiger partial charge in [0.15, 0.2) is 0 Å². The van der Waals surface area contributed by atoms with Crippen LogP contribution in [0.3, 0.4) is 0 Å². The molecular formula is C16H20FNO2. The second kappa shape index (κ2) is 7.22. The third kappa shape index (κ3) is 3.46. The van der Waals surface area contributed by atoms with Crippen LogP contribution in [0.15, 0.2) is 40.8 Å². The first-order chi connectivity index (χ1) is 9.76. The van der Waals surface area contributed by atoms with Crippen molar-refractivity contribution in [1.29, 1.82) is 0 Å². The molecule has 0 saturated heterocycles. The van der Waals surface area contributed by atoms with Crippen molar-refractivity contribution in [2.24, 2.45) is 0 Å². The Morgan fingerprint density at radius 1 is 1.25 bits per heavy atom. The SMILES string of the molecule is CCCNC(c1ccc(COC)o1)c1ccccc1F. The van der Waals surface area contributed by atoms with E-state index in [4.69, 9.17) is 9.15 Å². The number of ether oxygens (including phenoxy) is 1. The molecule has 1 aromatic carbocycles. The third-order valence-electron chi connectivity index (χ3n) is 3.07. The number of hydrogen-bond donors (Lipinski definition) is 1. The number of furan rings is 1. The van der Waals surface area contributed by atoms with Gasteiger partial charge in [-0.15, -0.1) is 0 Å². The summed E-state index contributed by atoms with van der Waals surface area (Å²) in [5, 5.41) is 3.32. The van der Waals surface area contributed by atoms with Gasteiger partial charge in [-0.1, -0.05) is 25.1 Å². The molecule has 0 aliphatic carbocycles. The highest BCUT2D eigenvalue weighted by molar-refractivity contribution is 5.28. The molecule has 2 rings (SSSR count). The normalized spacial score (nSPS) is 12.6. The lowest BCUT2D eigenvalue weighted by atomic mass is 10.0. The molecule has 0 amide bonds. The van der Waals surface area contributed by atoms with Crippen LogP contribution in [0.1, 0.15) is 36.5 Å². The fourth-order valence-corrected chi connectivity index (χ4v) is 2.13. The summed E-state index contributed by atoms with van der Waals surface area (Å²) in [5.41, 5.74) is 0.597. The predicted octanol–water partition coefficient (Wildman–Crippen LogP) is 3.65. The van der Waals surface area contributed by atoms with Gasteiger partial charge in [-0.25, -0.2) is 4.39 Å². The van der Waals surface area contributed by atoms with Gasteiger partial charge in [0.2, 0.25) is 0 Å². The Labute approximate surface area is 118 Å². The van der Waals surface area contributed by atoms with Gasteiger partial charge in [-0.05, 0) is 31.2 Å². The Morgan fingerprint density at radius 2 is 2.05 bits per heavy atom. The zero-order valence-corrected chi connectivity index (χ0v) is 11.9. The van der Waals surface area contributed by atoms with E-state index >= 15 is 0 Å². The summed E-state index contributed by atoms with van der Waals surface area (Å²) in [6.07, 6.45) is 0.969. The number of benzene rings is 1. The zero-order chi connectivity index (χ0) is 14.4. The van der Waals surface area contributed by atoms with Gasteiger partial charge in [0.05, 0.1) is 6.04 Å². The lowest BCUT2D eigenvalue weighted by molar-refractivity contribution is 0.162. The average Bonchev–Trinajstić information content (AvgIpc) is 2.90. The van der Waals surface area contributed by atoms with Crippen LogP contribution in [0.2, 0.25) is 0 Å². The Balaban J connectivity index is 2.29.